The number of amides is 1. The second-order valence-electron chi connectivity index (χ2n) is 6.73. The molecule has 2 aromatic heterocycles. The molecule has 0 aliphatic heterocycles. The lowest BCUT2D eigenvalue weighted by Crippen LogP contribution is -2.24. The van der Waals surface area contributed by atoms with Gasteiger partial charge in [-0.05, 0) is 66.8 Å². The predicted molar refractivity (Wildman–Crippen MR) is 123 cm³/mol. The lowest BCUT2D eigenvalue weighted by molar-refractivity contribution is 0.0954. The van der Waals surface area contributed by atoms with E-state index in [1.165, 1.54) is 4.90 Å². The minimum Gasteiger partial charge on any atom is -0.352 e. The fourth-order valence-electron chi connectivity index (χ4n) is 3.03. The number of hydrogen-bond donors (Lipinski definition) is 2. The van der Waals surface area contributed by atoms with E-state index in [2.05, 4.69) is 38.7 Å². The molecule has 1 amide bonds. The molecule has 150 valence electrons. The van der Waals surface area contributed by atoms with Crippen molar-refractivity contribution < 1.29 is 4.79 Å². The van der Waals surface area contributed by atoms with Gasteiger partial charge in [0.1, 0.15) is 0 Å². The summed E-state index contributed by atoms with van der Waals surface area (Å²) in [4.78, 5) is 17.5. The van der Waals surface area contributed by atoms with Crippen LogP contribution >= 0.6 is 11.8 Å². The largest absolute Gasteiger partial charge is 0.352 e. The molecule has 0 fully saturated rings. The SMILES string of the molecule is O=C(NCCCSc1ccc2c(/C=C/c3ccccn3)n[nH]c2c1)c1ccccc1. The number of aromatic nitrogens is 3. The van der Waals surface area contributed by atoms with Gasteiger partial charge < -0.3 is 5.32 Å². The van der Waals surface area contributed by atoms with Crippen LogP contribution in [0.5, 0.6) is 0 Å². The minimum absolute atomic E-state index is 0.0224. The van der Waals surface area contributed by atoms with Crippen LogP contribution in [0.4, 0.5) is 0 Å². The third-order valence-electron chi connectivity index (χ3n) is 4.57. The zero-order valence-corrected chi connectivity index (χ0v) is 17.2. The van der Waals surface area contributed by atoms with Crippen LogP contribution in [0, 0.1) is 0 Å². The van der Waals surface area contributed by atoms with Crippen LogP contribution in [-0.2, 0) is 0 Å². The summed E-state index contributed by atoms with van der Waals surface area (Å²) in [5.41, 5.74) is 3.51. The van der Waals surface area contributed by atoms with Crippen molar-refractivity contribution in [2.24, 2.45) is 0 Å². The first-order valence-corrected chi connectivity index (χ1v) is 10.8. The zero-order valence-electron chi connectivity index (χ0n) is 16.4. The van der Waals surface area contributed by atoms with Gasteiger partial charge in [-0.1, -0.05) is 24.3 Å². The van der Waals surface area contributed by atoms with E-state index in [0.717, 1.165) is 34.5 Å². The van der Waals surface area contributed by atoms with Crippen LogP contribution in [0.3, 0.4) is 0 Å². The van der Waals surface area contributed by atoms with Gasteiger partial charge in [-0.2, -0.15) is 5.10 Å². The van der Waals surface area contributed by atoms with E-state index < -0.39 is 0 Å². The molecule has 30 heavy (non-hydrogen) atoms. The fraction of sp³-hybridized carbons (Fsp3) is 0.125. The van der Waals surface area contributed by atoms with Gasteiger partial charge in [-0.3, -0.25) is 14.9 Å². The number of benzene rings is 2. The Morgan fingerprint density at radius 3 is 2.73 bits per heavy atom. The van der Waals surface area contributed by atoms with Gasteiger partial charge in [-0.15, -0.1) is 11.8 Å². The van der Waals surface area contributed by atoms with Crippen molar-refractivity contribution in [2.75, 3.05) is 12.3 Å². The van der Waals surface area contributed by atoms with Gasteiger partial charge in [0.05, 0.1) is 16.9 Å². The van der Waals surface area contributed by atoms with E-state index in [4.69, 9.17) is 0 Å². The lowest BCUT2D eigenvalue weighted by Gasteiger charge is -2.05. The number of H-pyrrole nitrogens is 1. The maximum atomic E-state index is 12.0. The third kappa shape index (κ3) is 5.15. The topological polar surface area (TPSA) is 70.7 Å². The van der Waals surface area contributed by atoms with Crippen molar-refractivity contribution in [2.45, 2.75) is 11.3 Å². The normalized spacial score (nSPS) is 11.2. The summed E-state index contributed by atoms with van der Waals surface area (Å²) in [6.07, 6.45) is 6.62. The van der Waals surface area contributed by atoms with Crippen molar-refractivity contribution in [1.82, 2.24) is 20.5 Å². The molecular formula is C24H22N4OS. The molecule has 4 rings (SSSR count). The second kappa shape index (κ2) is 9.89. The van der Waals surface area contributed by atoms with Crippen molar-refractivity contribution >= 4 is 40.7 Å². The van der Waals surface area contributed by atoms with Crippen molar-refractivity contribution in [1.29, 1.82) is 0 Å². The first kappa shape index (κ1) is 19.9. The summed E-state index contributed by atoms with van der Waals surface area (Å²) in [5.74, 6) is 0.909. The molecule has 4 aromatic rings. The number of carbonyl (C=O) groups excluding carboxylic acids is 1. The summed E-state index contributed by atoms with van der Waals surface area (Å²) in [7, 11) is 0. The van der Waals surface area contributed by atoms with E-state index in [1.54, 1.807) is 18.0 Å². The van der Waals surface area contributed by atoms with Crippen molar-refractivity contribution in [3.05, 3.63) is 89.9 Å². The van der Waals surface area contributed by atoms with Crippen LogP contribution < -0.4 is 5.32 Å². The highest BCUT2D eigenvalue weighted by Crippen LogP contribution is 2.25. The lowest BCUT2D eigenvalue weighted by atomic mass is 10.2. The van der Waals surface area contributed by atoms with E-state index in [-0.39, 0.29) is 5.91 Å². The maximum Gasteiger partial charge on any atom is 0.251 e. The number of fused-ring (bicyclic) bond motifs is 1. The van der Waals surface area contributed by atoms with Gasteiger partial charge in [0.2, 0.25) is 0 Å². The average Bonchev–Trinajstić information content (AvgIpc) is 3.21. The molecule has 0 atom stereocenters. The molecule has 0 aliphatic rings. The Labute approximate surface area is 179 Å². The van der Waals surface area contributed by atoms with Gasteiger partial charge in [-0.25, -0.2) is 0 Å². The summed E-state index contributed by atoms with van der Waals surface area (Å²) >= 11 is 1.78. The van der Waals surface area contributed by atoms with Crippen LogP contribution in [0.2, 0.25) is 0 Å². The molecule has 0 bridgehead atoms. The monoisotopic (exact) mass is 414 g/mol. The van der Waals surface area contributed by atoms with E-state index >= 15 is 0 Å². The molecule has 0 aliphatic carbocycles. The van der Waals surface area contributed by atoms with Gasteiger partial charge in [0.15, 0.2) is 0 Å². The first-order valence-electron chi connectivity index (χ1n) is 9.83. The highest BCUT2D eigenvalue weighted by molar-refractivity contribution is 7.99. The standard InChI is InChI=1S/C24H22N4OS/c29-24(18-7-2-1-3-8-18)26-15-6-16-30-20-11-12-21-22(27-28-23(21)17-20)13-10-19-9-4-5-14-25-19/h1-5,7-14,17H,6,15-16H2,(H,26,29)(H,27,28)/b13-10+. The maximum absolute atomic E-state index is 12.0. The number of nitrogens with one attached hydrogen (secondary N) is 2. The number of hydrogen-bond acceptors (Lipinski definition) is 4. The molecule has 2 heterocycles. The number of pyridine rings is 1. The van der Waals surface area contributed by atoms with Crippen LogP contribution in [-0.4, -0.2) is 33.4 Å². The zero-order chi connectivity index (χ0) is 20.6. The molecule has 0 spiro atoms. The molecule has 0 saturated carbocycles. The van der Waals surface area contributed by atoms with Crippen molar-refractivity contribution in [3.63, 3.8) is 0 Å². The Bertz CT molecular complexity index is 1140. The van der Waals surface area contributed by atoms with Crippen LogP contribution in [0.15, 0.2) is 77.8 Å². The van der Waals surface area contributed by atoms with Crippen LogP contribution in [0.25, 0.3) is 23.1 Å². The molecule has 0 radical (unpaired) electrons. The molecule has 0 saturated heterocycles. The quantitative estimate of drug-likeness (QED) is 0.313. The van der Waals surface area contributed by atoms with E-state index in [0.29, 0.717) is 12.1 Å². The second-order valence-corrected chi connectivity index (χ2v) is 7.90. The van der Waals surface area contributed by atoms with Gasteiger partial charge in [0, 0.05) is 28.6 Å². The molecule has 2 N–H and O–H groups in total. The van der Waals surface area contributed by atoms with E-state index in [9.17, 15) is 4.79 Å². The van der Waals surface area contributed by atoms with Gasteiger partial charge >= 0.3 is 0 Å². The average molecular weight is 415 g/mol. The van der Waals surface area contributed by atoms with Gasteiger partial charge in [0.25, 0.3) is 5.91 Å². The Morgan fingerprint density at radius 1 is 1.03 bits per heavy atom. The summed E-state index contributed by atoms with van der Waals surface area (Å²) in [6.45, 7) is 0.662. The molecule has 5 nitrogen and oxygen atoms in total. The number of nitrogens with zero attached hydrogens (tertiary/aromatic N) is 2. The Morgan fingerprint density at radius 2 is 1.90 bits per heavy atom. The minimum atomic E-state index is -0.0224. The number of rotatable bonds is 8. The first-order chi connectivity index (χ1) is 14.8. The fourth-order valence-corrected chi connectivity index (χ4v) is 3.92. The summed E-state index contributed by atoms with van der Waals surface area (Å²) in [5, 5.41) is 11.6. The number of thioether (sulfide) groups is 1. The molecule has 0 unspecified atom stereocenters. The highest BCUT2D eigenvalue weighted by atomic mass is 32.2. The molecule has 6 heteroatoms. The Hall–Kier alpha value is -3.38. The number of aromatic amines is 1. The molecule has 2 aromatic carbocycles. The Balaban J connectivity index is 1.28. The van der Waals surface area contributed by atoms with E-state index in [1.807, 2.05) is 60.7 Å². The summed E-state index contributed by atoms with van der Waals surface area (Å²) < 4.78 is 0. The third-order valence-corrected chi connectivity index (χ3v) is 5.65. The summed E-state index contributed by atoms with van der Waals surface area (Å²) in [6, 6.07) is 21.4. The smallest absolute Gasteiger partial charge is 0.251 e. The number of carbonyl (C=O) groups is 1. The van der Waals surface area contributed by atoms with Crippen LogP contribution in [0.1, 0.15) is 28.2 Å². The predicted octanol–water partition coefficient (Wildman–Crippen LogP) is 5.04. The highest BCUT2D eigenvalue weighted by Gasteiger charge is 2.06. The Kier molecular flexibility index (Phi) is 6.57. The van der Waals surface area contributed by atoms with Crippen molar-refractivity contribution in [3.8, 4) is 0 Å². The molecular weight excluding hydrogens is 392 g/mol.